The summed E-state index contributed by atoms with van der Waals surface area (Å²) in [6, 6.07) is 4.02. The van der Waals surface area contributed by atoms with Crippen LogP contribution in [0.3, 0.4) is 0 Å². The molecule has 8 heteroatoms. The van der Waals surface area contributed by atoms with Gasteiger partial charge in [0.15, 0.2) is 5.56 Å². The third-order valence-corrected chi connectivity index (χ3v) is 6.50. The van der Waals surface area contributed by atoms with E-state index in [-0.39, 0.29) is 34.1 Å². The van der Waals surface area contributed by atoms with Crippen LogP contribution in [0.25, 0.3) is 11.3 Å². The number of rotatable bonds is 4. The molecule has 1 unspecified atom stereocenters. The number of anilines is 2. The fourth-order valence-corrected chi connectivity index (χ4v) is 4.74. The average molecular weight is 412 g/mol. The van der Waals surface area contributed by atoms with E-state index < -0.39 is 0 Å². The second-order valence-corrected chi connectivity index (χ2v) is 8.90. The lowest BCUT2D eigenvalue weighted by molar-refractivity contribution is -0.114. The zero-order chi connectivity index (χ0) is 21.5. The summed E-state index contributed by atoms with van der Waals surface area (Å²) in [5, 5.41) is 5.88. The Morgan fingerprint density at radius 2 is 2.03 bits per heavy atom. The van der Waals surface area contributed by atoms with Gasteiger partial charge in [0.25, 0.3) is 11.4 Å². The third-order valence-electron chi connectivity index (χ3n) is 6.50. The van der Waals surface area contributed by atoms with Gasteiger partial charge in [-0.1, -0.05) is 20.3 Å². The summed E-state index contributed by atoms with van der Waals surface area (Å²) >= 11 is 0. The Hall–Kier alpha value is -2.87. The standard InChI is InChI=1S/C22H30N6O2/c1-22(2)7-3-4-17(22)28-13-15(19(23)18(20(24)25)21(28)29)16-6-5-14(12-26-16)27-8-10-30-11-9-27/h5-6,12-13,17H,3-4,7-11,23H2,1-2H3,(H3,24,25)/p+1. The van der Waals surface area contributed by atoms with E-state index in [4.69, 9.17) is 21.6 Å². The highest BCUT2D eigenvalue weighted by atomic mass is 16.5. The second kappa shape index (κ2) is 7.75. The zero-order valence-corrected chi connectivity index (χ0v) is 17.7. The summed E-state index contributed by atoms with van der Waals surface area (Å²) in [5.74, 6) is -0.0613. The minimum atomic E-state index is -0.235. The fraction of sp³-hybridized carbons (Fsp3) is 0.500. The van der Waals surface area contributed by atoms with Crippen LogP contribution in [0, 0.1) is 5.41 Å². The van der Waals surface area contributed by atoms with Crippen LogP contribution in [0.1, 0.15) is 44.7 Å². The van der Waals surface area contributed by atoms with Crippen LogP contribution >= 0.6 is 0 Å². The van der Waals surface area contributed by atoms with Gasteiger partial charge in [-0.2, -0.15) is 0 Å². The number of nitrogens with two attached hydrogens (primary N) is 3. The Morgan fingerprint density at radius 3 is 2.60 bits per heavy atom. The number of nitrogen functional groups attached to an aromatic ring is 1. The van der Waals surface area contributed by atoms with Crippen LogP contribution in [0.15, 0.2) is 29.3 Å². The van der Waals surface area contributed by atoms with E-state index in [1.165, 1.54) is 0 Å². The number of morpholine rings is 1. The molecular weight excluding hydrogens is 380 g/mol. The van der Waals surface area contributed by atoms with Gasteiger partial charge in [-0.15, -0.1) is 0 Å². The van der Waals surface area contributed by atoms with E-state index in [0.717, 1.165) is 38.0 Å². The molecule has 2 fully saturated rings. The number of hydrogen-bond donors (Lipinski definition) is 3. The first kappa shape index (κ1) is 20.4. The Kier molecular flexibility index (Phi) is 5.27. The third kappa shape index (κ3) is 3.56. The van der Waals surface area contributed by atoms with Gasteiger partial charge in [0.2, 0.25) is 0 Å². The van der Waals surface area contributed by atoms with Crippen molar-refractivity contribution in [3.8, 4) is 11.3 Å². The minimum Gasteiger partial charge on any atom is -0.397 e. The predicted octanol–water partition coefficient (Wildman–Crippen LogP) is 0.545. The van der Waals surface area contributed by atoms with Gasteiger partial charge in [-0.05, 0) is 30.4 Å². The number of pyridine rings is 2. The molecule has 3 heterocycles. The van der Waals surface area contributed by atoms with Gasteiger partial charge >= 0.3 is 0 Å². The molecule has 0 radical (unpaired) electrons. The van der Waals surface area contributed by atoms with Crippen LogP contribution in [-0.2, 0) is 4.74 Å². The highest BCUT2D eigenvalue weighted by molar-refractivity contribution is 6.00. The first-order valence-electron chi connectivity index (χ1n) is 10.5. The molecule has 2 aromatic rings. The van der Waals surface area contributed by atoms with E-state index in [2.05, 4.69) is 23.7 Å². The van der Waals surface area contributed by atoms with Crippen LogP contribution in [0.4, 0.5) is 11.4 Å². The number of hydrogen-bond acceptors (Lipinski definition) is 5. The van der Waals surface area contributed by atoms with Crippen molar-refractivity contribution in [2.75, 3.05) is 36.9 Å². The van der Waals surface area contributed by atoms with Crippen molar-refractivity contribution in [1.82, 2.24) is 9.55 Å². The van der Waals surface area contributed by atoms with Crippen molar-refractivity contribution in [3.05, 3.63) is 40.4 Å². The van der Waals surface area contributed by atoms with Crippen LogP contribution in [-0.4, -0.2) is 41.7 Å². The summed E-state index contributed by atoms with van der Waals surface area (Å²) in [6.45, 7) is 7.49. The molecule has 0 spiro atoms. The van der Waals surface area contributed by atoms with Crippen LogP contribution in [0.2, 0.25) is 0 Å². The highest BCUT2D eigenvalue weighted by Crippen LogP contribution is 2.45. The summed E-state index contributed by atoms with van der Waals surface area (Å²) in [5.41, 5.74) is 14.9. The van der Waals surface area contributed by atoms with E-state index >= 15 is 0 Å². The van der Waals surface area contributed by atoms with Crippen molar-refractivity contribution in [2.24, 2.45) is 11.1 Å². The van der Waals surface area contributed by atoms with Crippen LogP contribution in [0.5, 0.6) is 0 Å². The molecule has 6 N–H and O–H groups in total. The molecule has 1 saturated heterocycles. The Morgan fingerprint density at radius 1 is 1.30 bits per heavy atom. The van der Waals surface area contributed by atoms with Crippen molar-refractivity contribution in [3.63, 3.8) is 0 Å². The lowest BCUT2D eigenvalue weighted by Crippen LogP contribution is -2.50. The predicted molar refractivity (Wildman–Crippen MR) is 118 cm³/mol. The fourth-order valence-electron chi connectivity index (χ4n) is 4.74. The molecule has 1 saturated carbocycles. The maximum atomic E-state index is 13.2. The number of ether oxygens (including phenoxy) is 1. The van der Waals surface area contributed by atoms with Crippen molar-refractivity contribution in [2.45, 2.75) is 39.2 Å². The van der Waals surface area contributed by atoms with Crippen molar-refractivity contribution in [1.29, 1.82) is 0 Å². The normalized spacial score (nSPS) is 21.0. The Bertz CT molecular complexity index is 1010. The van der Waals surface area contributed by atoms with Gasteiger partial charge in [0.1, 0.15) is 0 Å². The average Bonchev–Trinajstić information content (AvgIpc) is 3.08. The maximum absolute atomic E-state index is 13.2. The Labute approximate surface area is 176 Å². The lowest BCUT2D eigenvalue weighted by atomic mass is 9.87. The Balaban J connectivity index is 1.79. The monoisotopic (exact) mass is 411 g/mol. The SMILES string of the molecule is CC1(C)CCCC1n1cc(-c2ccc(N3CCOCC3)cn2)c(N)c(C(N)=[NH2+])c1=O. The number of aromatic nitrogens is 2. The summed E-state index contributed by atoms with van der Waals surface area (Å²) in [6.07, 6.45) is 6.74. The number of amidine groups is 1. The molecule has 2 aromatic heterocycles. The molecule has 8 nitrogen and oxygen atoms in total. The van der Waals surface area contributed by atoms with Gasteiger partial charge in [-0.25, -0.2) is 0 Å². The molecular formula is C22H31N6O2+. The summed E-state index contributed by atoms with van der Waals surface area (Å²) < 4.78 is 7.19. The lowest BCUT2D eigenvalue weighted by Gasteiger charge is -2.30. The zero-order valence-electron chi connectivity index (χ0n) is 17.7. The first-order valence-corrected chi connectivity index (χ1v) is 10.5. The summed E-state index contributed by atoms with van der Waals surface area (Å²) in [7, 11) is 0. The molecule has 1 atom stereocenters. The largest absolute Gasteiger partial charge is 0.397 e. The molecule has 0 bridgehead atoms. The first-order chi connectivity index (χ1) is 14.3. The van der Waals surface area contributed by atoms with E-state index in [1.807, 2.05) is 24.5 Å². The number of nitrogens with zero attached hydrogens (tertiary/aromatic N) is 3. The van der Waals surface area contributed by atoms with Crippen LogP contribution < -0.4 is 27.3 Å². The van der Waals surface area contributed by atoms with E-state index in [9.17, 15) is 4.79 Å². The molecule has 0 aromatic carbocycles. The molecule has 30 heavy (non-hydrogen) atoms. The van der Waals surface area contributed by atoms with Gasteiger partial charge in [-0.3, -0.25) is 20.9 Å². The van der Waals surface area contributed by atoms with Crippen molar-refractivity contribution >= 4 is 17.2 Å². The molecule has 0 amide bonds. The van der Waals surface area contributed by atoms with Gasteiger partial charge in [0.05, 0.1) is 36.5 Å². The highest BCUT2D eigenvalue weighted by Gasteiger charge is 2.37. The van der Waals surface area contributed by atoms with Crippen molar-refractivity contribution < 1.29 is 10.1 Å². The quantitative estimate of drug-likeness (QED) is 0.498. The molecule has 4 rings (SSSR count). The van der Waals surface area contributed by atoms with E-state index in [0.29, 0.717) is 24.5 Å². The smallest absolute Gasteiger partial charge is 0.278 e. The minimum absolute atomic E-state index is 0.00542. The van der Waals surface area contributed by atoms with Gasteiger partial charge in [0, 0.05) is 30.9 Å². The molecule has 2 aliphatic rings. The second-order valence-electron chi connectivity index (χ2n) is 8.90. The topological polar surface area (TPSA) is 125 Å². The molecule has 160 valence electrons. The molecule has 1 aliphatic heterocycles. The van der Waals surface area contributed by atoms with E-state index in [1.54, 1.807) is 4.57 Å². The summed E-state index contributed by atoms with van der Waals surface area (Å²) in [4.78, 5) is 20.1. The molecule has 1 aliphatic carbocycles. The maximum Gasteiger partial charge on any atom is 0.278 e. The van der Waals surface area contributed by atoms with Gasteiger partial charge < -0.3 is 19.9 Å².